The number of amides is 2. The van der Waals surface area contributed by atoms with E-state index >= 15 is 0 Å². The van der Waals surface area contributed by atoms with Crippen molar-refractivity contribution in [1.82, 2.24) is 28.6 Å². The highest BCUT2D eigenvalue weighted by atomic mass is 32.2. The molecular formula is C25H28N8O11S2. The monoisotopic (exact) mass is 680 g/mol. The highest BCUT2D eigenvalue weighted by Crippen LogP contribution is 2.24. The summed E-state index contributed by atoms with van der Waals surface area (Å²) in [5.41, 5.74) is 1.38. The SMILES string of the molecule is CCCn1c(-c2cc(=O)c(O)c[nH]2)nn(S(=O)(=O)CC(=O)N2C[C@H](CC(=O)/C(=N\OC(C)(C)C(=O)O)c3csc(N)n3)C2=O)c1=O. The Kier molecular flexibility index (Phi) is 9.28. The number of carbonyl (C=O) groups excluding carboxylic acids is 3. The van der Waals surface area contributed by atoms with Gasteiger partial charge in [0.25, 0.3) is 10.0 Å². The number of nitrogens with two attached hydrogens (primary N) is 1. The first-order chi connectivity index (χ1) is 21.5. The molecule has 3 aromatic rings. The van der Waals surface area contributed by atoms with Crippen molar-refractivity contribution < 1.29 is 42.6 Å². The predicted octanol–water partition coefficient (Wildman–Crippen LogP) is -1.04. The minimum atomic E-state index is -4.78. The first-order valence-electron chi connectivity index (χ1n) is 13.4. The molecule has 1 fully saturated rings. The van der Waals surface area contributed by atoms with Gasteiger partial charge < -0.3 is 25.8 Å². The Morgan fingerprint density at radius 2 is 1.96 bits per heavy atom. The van der Waals surface area contributed by atoms with Gasteiger partial charge >= 0.3 is 11.7 Å². The van der Waals surface area contributed by atoms with Crippen molar-refractivity contribution in [3.8, 4) is 17.3 Å². The number of β-lactam (4-membered cyclic amide) rings is 1. The van der Waals surface area contributed by atoms with Crippen LogP contribution in [-0.2, 0) is 40.6 Å². The normalized spacial score (nSPS) is 15.5. The van der Waals surface area contributed by atoms with Gasteiger partial charge in [0.2, 0.25) is 22.8 Å². The first kappa shape index (κ1) is 33.7. The van der Waals surface area contributed by atoms with Crippen LogP contribution in [0.3, 0.4) is 0 Å². The second-order valence-corrected chi connectivity index (χ2v) is 13.2. The summed E-state index contributed by atoms with van der Waals surface area (Å²) in [6.45, 7) is 3.75. The van der Waals surface area contributed by atoms with Crippen molar-refractivity contribution in [3.05, 3.63) is 44.0 Å². The topological polar surface area (TPSA) is 279 Å². The molecule has 2 amide bonds. The van der Waals surface area contributed by atoms with E-state index in [9.17, 15) is 47.4 Å². The molecule has 0 unspecified atom stereocenters. The van der Waals surface area contributed by atoms with E-state index in [0.717, 1.165) is 28.2 Å². The number of aromatic nitrogens is 5. The number of aromatic amines is 1. The highest BCUT2D eigenvalue weighted by Gasteiger charge is 2.44. The minimum Gasteiger partial charge on any atom is -0.503 e. The molecule has 4 heterocycles. The van der Waals surface area contributed by atoms with E-state index in [1.54, 1.807) is 6.92 Å². The van der Waals surface area contributed by atoms with Crippen LogP contribution in [0.15, 0.2) is 32.4 Å². The van der Waals surface area contributed by atoms with E-state index in [1.165, 1.54) is 19.2 Å². The van der Waals surface area contributed by atoms with Crippen LogP contribution < -0.4 is 16.9 Å². The lowest BCUT2D eigenvalue weighted by atomic mass is 9.91. The maximum Gasteiger partial charge on any atom is 0.360 e. The number of likely N-dealkylation sites (tertiary alicyclic amines) is 1. The number of pyridine rings is 1. The van der Waals surface area contributed by atoms with Crippen LogP contribution in [0.25, 0.3) is 11.5 Å². The lowest BCUT2D eigenvalue weighted by molar-refractivity contribution is -0.161. The average molecular weight is 681 g/mol. The summed E-state index contributed by atoms with van der Waals surface area (Å²) < 4.78 is 27.3. The lowest BCUT2D eigenvalue weighted by Gasteiger charge is -2.36. The number of hydrogen-bond donors (Lipinski definition) is 4. The van der Waals surface area contributed by atoms with Gasteiger partial charge in [-0.2, -0.15) is 0 Å². The molecule has 1 aliphatic rings. The molecule has 46 heavy (non-hydrogen) atoms. The van der Waals surface area contributed by atoms with Gasteiger partial charge in [0.1, 0.15) is 5.69 Å². The van der Waals surface area contributed by atoms with Gasteiger partial charge in [-0.15, -0.1) is 20.5 Å². The van der Waals surface area contributed by atoms with E-state index in [2.05, 4.69) is 20.2 Å². The summed E-state index contributed by atoms with van der Waals surface area (Å²) in [7, 11) is -4.78. The zero-order valence-electron chi connectivity index (χ0n) is 24.5. The summed E-state index contributed by atoms with van der Waals surface area (Å²) in [5.74, 6) is -7.44. The number of anilines is 1. The molecule has 0 saturated carbocycles. The fourth-order valence-corrected chi connectivity index (χ4v) is 5.78. The van der Waals surface area contributed by atoms with Crippen LogP contribution in [0.5, 0.6) is 5.75 Å². The van der Waals surface area contributed by atoms with Gasteiger partial charge in [0.05, 0.1) is 11.6 Å². The van der Waals surface area contributed by atoms with Gasteiger partial charge in [-0.05, 0) is 20.3 Å². The van der Waals surface area contributed by atoms with Gasteiger partial charge in [0, 0.05) is 37.2 Å². The third-order valence-corrected chi connectivity index (χ3v) is 8.70. The Morgan fingerprint density at radius 3 is 2.52 bits per heavy atom. The molecule has 0 spiro atoms. The molecule has 5 N–H and O–H groups in total. The maximum atomic E-state index is 13.1. The molecular weight excluding hydrogens is 652 g/mol. The van der Waals surface area contributed by atoms with Crippen LogP contribution >= 0.6 is 11.3 Å². The number of nitrogens with zero attached hydrogens (tertiary/aromatic N) is 6. The number of thiazole rings is 1. The zero-order chi connectivity index (χ0) is 34.1. The number of aromatic hydroxyl groups is 1. The Morgan fingerprint density at radius 1 is 1.26 bits per heavy atom. The number of aliphatic carboxylic acids is 1. The van der Waals surface area contributed by atoms with Crippen molar-refractivity contribution >= 4 is 55.8 Å². The molecule has 3 aromatic heterocycles. The summed E-state index contributed by atoms with van der Waals surface area (Å²) in [6.07, 6.45) is 0.808. The summed E-state index contributed by atoms with van der Waals surface area (Å²) in [6, 6.07) is 0.921. The van der Waals surface area contributed by atoms with Gasteiger partial charge in [-0.3, -0.25) is 28.6 Å². The number of ketones is 1. The maximum absolute atomic E-state index is 13.1. The second-order valence-electron chi connectivity index (χ2n) is 10.5. The van der Waals surface area contributed by atoms with Crippen LogP contribution in [0.2, 0.25) is 0 Å². The lowest BCUT2D eigenvalue weighted by Crippen LogP contribution is -2.57. The number of rotatable bonds is 13. The fourth-order valence-electron chi connectivity index (χ4n) is 4.10. The van der Waals surface area contributed by atoms with Gasteiger partial charge in [0.15, 0.2) is 34.0 Å². The largest absolute Gasteiger partial charge is 0.503 e. The van der Waals surface area contributed by atoms with Crippen LogP contribution in [-0.4, -0.2) is 94.4 Å². The molecule has 246 valence electrons. The molecule has 19 nitrogen and oxygen atoms in total. The Bertz CT molecular complexity index is 1990. The summed E-state index contributed by atoms with van der Waals surface area (Å²) in [4.78, 5) is 87.2. The van der Waals surface area contributed by atoms with E-state index < -0.39 is 79.9 Å². The van der Waals surface area contributed by atoms with E-state index in [-0.39, 0.29) is 39.5 Å². The number of imide groups is 1. The zero-order valence-corrected chi connectivity index (χ0v) is 26.1. The van der Waals surface area contributed by atoms with Crippen molar-refractivity contribution in [1.29, 1.82) is 0 Å². The Balaban J connectivity index is 1.49. The average Bonchev–Trinajstić information content (AvgIpc) is 3.55. The number of carbonyl (C=O) groups is 4. The van der Waals surface area contributed by atoms with Crippen molar-refractivity contribution in [2.24, 2.45) is 11.1 Å². The van der Waals surface area contributed by atoms with E-state index in [4.69, 9.17) is 10.6 Å². The summed E-state index contributed by atoms with van der Waals surface area (Å²) >= 11 is 0.971. The third kappa shape index (κ3) is 6.73. The number of H-pyrrole nitrogens is 1. The number of oxime groups is 1. The third-order valence-electron chi connectivity index (χ3n) is 6.65. The molecule has 1 aliphatic heterocycles. The molecule has 0 aliphatic carbocycles. The number of hydrogen-bond acceptors (Lipinski definition) is 15. The molecule has 0 radical (unpaired) electrons. The predicted molar refractivity (Wildman–Crippen MR) is 159 cm³/mol. The van der Waals surface area contributed by atoms with Gasteiger partial charge in [-0.1, -0.05) is 12.1 Å². The standard InChI is InChI=1S/C25H28N8O11S2/c1-4-5-31-20(13-7-15(34)17(36)8-27-13)29-33(24(31)41)46(42,43)11-18(37)32-9-12(21(32)38)6-16(35)19(14-10-45-23(26)28-14)30-44-25(2,3)22(39)40/h7-8,10,12,36H,4-6,9,11H2,1-3H3,(H2,26,28)(H,27,34)(H,39,40)/b30-19-/t12-/m0/s1. The highest BCUT2D eigenvalue weighted by molar-refractivity contribution is 7.90. The van der Waals surface area contributed by atoms with E-state index in [1.807, 2.05) is 0 Å². The van der Waals surface area contributed by atoms with Gasteiger partial charge in [-0.25, -0.2) is 23.0 Å². The first-order valence-corrected chi connectivity index (χ1v) is 15.9. The molecule has 0 aromatic carbocycles. The quantitative estimate of drug-likeness (QED) is 0.0954. The minimum absolute atomic E-state index is 0.00150. The molecule has 1 saturated heterocycles. The van der Waals surface area contributed by atoms with Crippen molar-refractivity contribution in [2.45, 2.75) is 45.8 Å². The van der Waals surface area contributed by atoms with Crippen molar-refractivity contribution in [3.63, 3.8) is 0 Å². The smallest absolute Gasteiger partial charge is 0.360 e. The Hall–Kier alpha value is -5.18. The fraction of sp³-hybridized carbons (Fsp3) is 0.400. The molecule has 1 atom stereocenters. The van der Waals surface area contributed by atoms with Crippen LogP contribution in [0, 0.1) is 5.92 Å². The second kappa shape index (κ2) is 12.7. The van der Waals surface area contributed by atoms with Crippen molar-refractivity contribution in [2.75, 3.05) is 18.0 Å². The van der Waals surface area contributed by atoms with Crippen LogP contribution in [0.1, 0.15) is 39.3 Å². The number of carboxylic acid groups (broad SMARTS) is 1. The molecule has 4 rings (SSSR count). The number of nitrogens with one attached hydrogen (secondary N) is 1. The van der Waals surface area contributed by atoms with Crippen LogP contribution in [0.4, 0.5) is 5.13 Å². The molecule has 21 heteroatoms. The molecule has 0 bridgehead atoms. The number of nitrogen functional groups attached to an aromatic ring is 1. The summed E-state index contributed by atoms with van der Waals surface area (Å²) in [5, 5.41) is 27.7. The Labute approximate surface area is 263 Å². The number of Topliss-reactive ketones (excluding diaryl/α,β-unsaturated/α-hetero) is 1. The van der Waals surface area contributed by atoms with E-state index in [0.29, 0.717) is 11.3 Å². The number of carboxylic acids is 1.